The van der Waals surface area contributed by atoms with Gasteiger partial charge in [0.25, 0.3) is 0 Å². The van der Waals surface area contributed by atoms with E-state index in [0.717, 1.165) is 12.4 Å². The van der Waals surface area contributed by atoms with Crippen LogP contribution >= 0.6 is 0 Å². The molecule has 0 saturated carbocycles. The minimum absolute atomic E-state index is 0.339. The summed E-state index contributed by atoms with van der Waals surface area (Å²) in [5, 5.41) is 12.8. The second-order valence-electron chi connectivity index (χ2n) is 3.65. The SMILES string of the molecule is CCn1ncnc1CN(CC#N)C(C)C. The highest BCUT2D eigenvalue weighted by atomic mass is 15.3. The van der Waals surface area contributed by atoms with Crippen LogP contribution in [0.4, 0.5) is 0 Å². The summed E-state index contributed by atoms with van der Waals surface area (Å²) in [6.45, 7) is 8.09. The molecule has 0 N–H and O–H groups in total. The van der Waals surface area contributed by atoms with Crippen LogP contribution in [0.25, 0.3) is 0 Å². The van der Waals surface area contributed by atoms with E-state index in [-0.39, 0.29) is 0 Å². The number of hydrogen-bond acceptors (Lipinski definition) is 4. The van der Waals surface area contributed by atoms with E-state index in [0.29, 0.717) is 19.1 Å². The number of rotatable bonds is 5. The lowest BCUT2D eigenvalue weighted by Gasteiger charge is -2.22. The molecule has 0 atom stereocenters. The molecule has 1 rings (SSSR count). The molecular weight excluding hydrogens is 190 g/mol. The van der Waals surface area contributed by atoms with Crippen LogP contribution in [0.1, 0.15) is 26.6 Å². The van der Waals surface area contributed by atoms with Gasteiger partial charge < -0.3 is 0 Å². The quantitative estimate of drug-likeness (QED) is 0.677. The Kier molecular flexibility index (Phi) is 4.25. The predicted molar refractivity (Wildman–Crippen MR) is 56.9 cm³/mol. The molecule has 15 heavy (non-hydrogen) atoms. The molecule has 1 heterocycles. The van der Waals surface area contributed by atoms with E-state index in [9.17, 15) is 0 Å². The summed E-state index contributed by atoms with van der Waals surface area (Å²) in [5.41, 5.74) is 0. The van der Waals surface area contributed by atoms with Crippen LogP contribution in [0, 0.1) is 11.3 Å². The third kappa shape index (κ3) is 3.03. The van der Waals surface area contributed by atoms with Crippen molar-refractivity contribution in [3.8, 4) is 6.07 Å². The minimum Gasteiger partial charge on any atom is -0.281 e. The fourth-order valence-electron chi connectivity index (χ4n) is 1.37. The molecule has 5 nitrogen and oxygen atoms in total. The first-order valence-corrected chi connectivity index (χ1v) is 5.16. The van der Waals surface area contributed by atoms with Gasteiger partial charge >= 0.3 is 0 Å². The summed E-state index contributed by atoms with van der Waals surface area (Å²) >= 11 is 0. The van der Waals surface area contributed by atoms with E-state index in [1.165, 1.54) is 0 Å². The number of aryl methyl sites for hydroxylation is 1. The van der Waals surface area contributed by atoms with Gasteiger partial charge in [-0.3, -0.25) is 4.90 Å². The van der Waals surface area contributed by atoms with Gasteiger partial charge in [0.05, 0.1) is 19.2 Å². The lowest BCUT2D eigenvalue weighted by Crippen LogP contribution is -2.32. The Hall–Kier alpha value is -1.41. The maximum Gasteiger partial charge on any atom is 0.141 e. The molecular formula is C10H17N5. The van der Waals surface area contributed by atoms with Crippen molar-refractivity contribution in [2.45, 2.75) is 39.9 Å². The normalized spacial score (nSPS) is 10.9. The molecule has 0 aliphatic heterocycles. The maximum atomic E-state index is 8.71. The van der Waals surface area contributed by atoms with Gasteiger partial charge in [-0.1, -0.05) is 0 Å². The Morgan fingerprint density at radius 2 is 2.33 bits per heavy atom. The molecule has 1 aromatic rings. The van der Waals surface area contributed by atoms with Crippen molar-refractivity contribution in [1.29, 1.82) is 5.26 Å². The third-order valence-corrected chi connectivity index (χ3v) is 2.34. The van der Waals surface area contributed by atoms with E-state index in [4.69, 9.17) is 5.26 Å². The third-order valence-electron chi connectivity index (χ3n) is 2.34. The fourth-order valence-corrected chi connectivity index (χ4v) is 1.37. The highest BCUT2D eigenvalue weighted by molar-refractivity contribution is 4.88. The molecule has 0 aliphatic rings. The van der Waals surface area contributed by atoms with Crippen LogP contribution in [0.15, 0.2) is 6.33 Å². The molecule has 0 bridgehead atoms. The second kappa shape index (κ2) is 5.47. The van der Waals surface area contributed by atoms with Gasteiger partial charge in [0, 0.05) is 12.6 Å². The van der Waals surface area contributed by atoms with Gasteiger partial charge in [0.15, 0.2) is 0 Å². The zero-order chi connectivity index (χ0) is 11.3. The molecule has 0 fully saturated rings. The number of hydrogen-bond donors (Lipinski definition) is 0. The highest BCUT2D eigenvalue weighted by Gasteiger charge is 2.12. The Bertz CT molecular complexity index is 336. The van der Waals surface area contributed by atoms with E-state index >= 15 is 0 Å². The Morgan fingerprint density at radius 1 is 1.60 bits per heavy atom. The van der Waals surface area contributed by atoms with Crippen LogP contribution in [0.2, 0.25) is 0 Å². The molecule has 5 heteroatoms. The van der Waals surface area contributed by atoms with Gasteiger partial charge in [-0.2, -0.15) is 10.4 Å². The van der Waals surface area contributed by atoms with Crippen LogP contribution < -0.4 is 0 Å². The van der Waals surface area contributed by atoms with Gasteiger partial charge in [-0.15, -0.1) is 0 Å². The molecule has 0 saturated heterocycles. The van der Waals surface area contributed by atoms with E-state index in [2.05, 4.69) is 34.9 Å². The van der Waals surface area contributed by atoms with E-state index in [1.807, 2.05) is 11.6 Å². The van der Waals surface area contributed by atoms with Crippen molar-refractivity contribution in [3.63, 3.8) is 0 Å². The maximum absolute atomic E-state index is 8.71. The van der Waals surface area contributed by atoms with Crippen LogP contribution in [0.5, 0.6) is 0 Å². The smallest absolute Gasteiger partial charge is 0.141 e. The van der Waals surface area contributed by atoms with E-state index < -0.39 is 0 Å². The first-order chi connectivity index (χ1) is 7.19. The van der Waals surface area contributed by atoms with Crippen molar-refractivity contribution in [1.82, 2.24) is 19.7 Å². The van der Waals surface area contributed by atoms with E-state index in [1.54, 1.807) is 6.33 Å². The van der Waals surface area contributed by atoms with Crippen molar-refractivity contribution < 1.29 is 0 Å². The van der Waals surface area contributed by atoms with Crippen molar-refractivity contribution >= 4 is 0 Å². The first-order valence-electron chi connectivity index (χ1n) is 5.16. The molecule has 1 aromatic heterocycles. The second-order valence-corrected chi connectivity index (χ2v) is 3.65. The van der Waals surface area contributed by atoms with Crippen LogP contribution in [-0.4, -0.2) is 32.3 Å². The predicted octanol–water partition coefficient (Wildman–Crippen LogP) is 1.03. The van der Waals surface area contributed by atoms with Crippen LogP contribution in [0.3, 0.4) is 0 Å². The topological polar surface area (TPSA) is 57.7 Å². The summed E-state index contributed by atoms with van der Waals surface area (Å²) in [6.07, 6.45) is 1.56. The molecule has 0 amide bonds. The average molecular weight is 207 g/mol. The summed E-state index contributed by atoms with van der Waals surface area (Å²) in [7, 11) is 0. The van der Waals surface area contributed by atoms with Gasteiger partial charge in [-0.05, 0) is 20.8 Å². The molecule has 0 spiro atoms. The summed E-state index contributed by atoms with van der Waals surface area (Å²) in [6, 6.07) is 2.51. The van der Waals surface area contributed by atoms with Crippen molar-refractivity contribution in [3.05, 3.63) is 12.2 Å². The Balaban J connectivity index is 2.70. The molecule has 0 unspecified atom stereocenters. The highest BCUT2D eigenvalue weighted by Crippen LogP contribution is 2.04. The van der Waals surface area contributed by atoms with Gasteiger partial charge in [0.1, 0.15) is 12.2 Å². The molecule has 82 valence electrons. The Labute approximate surface area is 90.3 Å². The molecule has 0 aliphatic carbocycles. The number of nitrogens with zero attached hydrogens (tertiary/aromatic N) is 5. The zero-order valence-electron chi connectivity index (χ0n) is 9.51. The summed E-state index contributed by atoms with van der Waals surface area (Å²) < 4.78 is 1.85. The largest absolute Gasteiger partial charge is 0.281 e. The lowest BCUT2D eigenvalue weighted by atomic mass is 10.3. The fraction of sp³-hybridized carbons (Fsp3) is 0.700. The monoisotopic (exact) mass is 207 g/mol. The Morgan fingerprint density at radius 3 is 2.87 bits per heavy atom. The lowest BCUT2D eigenvalue weighted by molar-refractivity contribution is 0.230. The van der Waals surface area contributed by atoms with Gasteiger partial charge in [0.2, 0.25) is 0 Å². The average Bonchev–Trinajstić information content (AvgIpc) is 2.64. The molecule has 0 aromatic carbocycles. The van der Waals surface area contributed by atoms with Crippen molar-refractivity contribution in [2.75, 3.05) is 6.54 Å². The number of nitriles is 1. The zero-order valence-corrected chi connectivity index (χ0v) is 9.51. The summed E-state index contributed by atoms with van der Waals surface area (Å²) in [4.78, 5) is 6.26. The number of aromatic nitrogens is 3. The van der Waals surface area contributed by atoms with Crippen LogP contribution in [-0.2, 0) is 13.1 Å². The summed E-state index contributed by atoms with van der Waals surface area (Å²) in [5.74, 6) is 0.918. The van der Waals surface area contributed by atoms with Crippen molar-refractivity contribution in [2.24, 2.45) is 0 Å². The first kappa shape index (κ1) is 11.7. The van der Waals surface area contributed by atoms with Gasteiger partial charge in [-0.25, -0.2) is 9.67 Å². The standard InChI is InChI=1S/C10H17N5/c1-4-15-10(12-8-13-15)7-14(6-5-11)9(2)3/h8-9H,4,6-7H2,1-3H3. The minimum atomic E-state index is 0.339. The molecule has 0 radical (unpaired) electrons.